The molecule has 31 heavy (non-hydrogen) atoms. The van der Waals surface area contributed by atoms with Crippen molar-refractivity contribution in [1.82, 2.24) is 10.1 Å². The molecule has 0 aliphatic carbocycles. The SMILES string of the molecule is COc1ccccc1NC(=O)c1cc2ccccc2cc1OCc1noc(C(C)C)n1. The van der Waals surface area contributed by atoms with Crippen LogP contribution >= 0.6 is 0 Å². The number of fused-ring (bicyclic) bond motifs is 1. The number of carbonyl (C=O) groups excluding carboxylic acids is 1. The molecule has 0 saturated carbocycles. The van der Waals surface area contributed by atoms with Crippen molar-refractivity contribution in [2.24, 2.45) is 0 Å². The molecule has 0 spiro atoms. The molecular weight excluding hydrogens is 394 g/mol. The summed E-state index contributed by atoms with van der Waals surface area (Å²) >= 11 is 0. The van der Waals surface area contributed by atoms with E-state index in [1.807, 2.05) is 62.4 Å². The molecule has 0 atom stereocenters. The van der Waals surface area contributed by atoms with Gasteiger partial charge in [-0.25, -0.2) is 0 Å². The van der Waals surface area contributed by atoms with Gasteiger partial charge in [0.05, 0.1) is 18.4 Å². The van der Waals surface area contributed by atoms with E-state index in [4.69, 9.17) is 14.0 Å². The van der Waals surface area contributed by atoms with Crippen LogP contribution in [0.25, 0.3) is 10.8 Å². The Morgan fingerprint density at radius 2 is 1.74 bits per heavy atom. The molecule has 1 amide bonds. The van der Waals surface area contributed by atoms with Gasteiger partial charge in [0.25, 0.3) is 5.91 Å². The minimum absolute atomic E-state index is 0.0868. The predicted octanol–water partition coefficient (Wildman–Crippen LogP) is 5.19. The highest BCUT2D eigenvalue weighted by Gasteiger charge is 2.17. The largest absolute Gasteiger partial charge is 0.495 e. The summed E-state index contributed by atoms with van der Waals surface area (Å²) in [6.45, 7) is 4.03. The second-order valence-corrected chi connectivity index (χ2v) is 7.34. The van der Waals surface area contributed by atoms with Gasteiger partial charge in [-0.3, -0.25) is 4.79 Å². The van der Waals surface area contributed by atoms with Crippen LogP contribution in [0.3, 0.4) is 0 Å². The number of rotatable bonds is 7. The predicted molar refractivity (Wildman–Crippen MR) is 118 cm³/mol. The fraction of sp³-hybridized carbons (Fsp3) is 0.208. The summed E-state index contributed by atoms with van der Waals surface area (Å²) in [4.78, 5) is 17.5. The van der Waals surface area contributed by atoms with Crippen molar-refractivity contribution < 1.29 is 18.8 Å². The van der Waals surface area contributed by atoms with Gasteiger partial charge in [-0.15, -0.1) is 0 Å². The molecule has 4 aromatic rings. The van der Waals surface area contributed by atoms with E-state index in [1.165, 1.54) is 0 Å². The zero-order valence-electron chi connectivity index (χ0n) is 17.6. The molecule has 0 unspecified atom stereocenters. The molecular formula is C24H23N3O4. The first kappa shape index (κ1) is 20.4. The van der Waals surface area contributed by atoms with Crippen molar-refractivity contribution in [3.63, 3.8) is 0 Å². The number of aromatic nitrogens is 2. The number of nitrogens with one attached hydrogen (secondary N) is 1. The monoisotopic (exact) mass is 417 g/mol. The minimum Gasteiger partial charge on any atom is -0.495 e. The lowest BCUT2D eigenvalue weighted by atomic mass is 10.1. The van der Waals surface area contributed by atoms with Gasteiger partial charge in [-0.05, 0) is 35.0 Å². The first-order valence-electron chi connectivity index (χ1n) is 9.97. The molecule has 158 valence electrons. The van der Waals surface area contributed by atoms with Gasteiger partial charge in [-0.2, -0.15) is 4.98 Å². The second kappa shape index (κ2) is 8.87. The third kappa shape index (κ3) is 4.50. The molecule has 1 heterocycles. The van der Waals surface area contributed by atoms with Crippen LogP contribution in [0.5, 0.6) is 11.5 Å². The van der Waals surface area contributed by atoms with Crippen LogP contribution in [0.4, 0.5) is 5.69 Å². The molecule has 0 aliphatic rings. The van der Waals surface area contributed by atoms with E-state index in [2.05, 4.69) is 15.5 Å². The first-order valence-corrected chi connectivity index (χ1v) is 9.97. The standard InChI is InChI=1S/C24H23N3O4/c1-15(2)24-26-22(27-31-24)14-30-21-13-17-9-5-4-8-16(17)12-18(21)23(28)25-19-10-6-7-11-20(19)29-3/h4-13,15H,14H2,1-3H3,(H,25,28). The summed E-state index contributed by atoms with van der Waals surface area (Å²) in [6.07, 6.45) is 0. The van der Waals surface area contributed by atoms with Crippen LogP contribution in [0.1, 0.15) is 41.8 Å². The fourth-order valence-corrected chi connectivity index (χ4v) is 3.16. The number of amides is 1. The highest BCUT2D eigenvalue weighted by molar-refractivity contribution is 6.09. The van der Waals surface area contributed by atoms with Gasteiger partial charge in [0, 0.05) is 5.92 Å². The van der Waals surface area contributed by atoms with Crippen LogP contribution in [-0.2, 0) is 6.61 Å². The molecule has 0 fully saturated rings. The zero-order chi connectivity index (χ0) is 21.8. The van der Waals surface area contributed by atoms with Gasteiger partial charge in [0.1, 0.15) is 11.5 Å². The Morgan fingerprint density at radius 1 is 1.03 bits per heavy atom. The number of hydrogen-bond donors (Lipinski definition) is 1. The summed E-state index contributed by atoms with van der Waals surface area (Å²) in [6, 6.07) is 18.7. The van der Waals surface area contributed by atoms with Crippen molar-refractivity contribution in [2.75, 3.05) is 12.4 Å². The highest BCUT2D eigenvalue weighted by atomic mass is 16.5. The average Bonchev–Trinajstić information content (AvgIpc) is 3.27. The van der Waals surface area contributed by atoms with E-state index in [9.17, 15) is 4.79 Å². The Labute approximate surface area is 180 Å². The summed E-state index contributed by atoms with van der Waals surface area (Å²) in [5, 5.41) is 8.75. The maximum absolute atomic E-state index is 13.2. The lowest BCUT2D eigenvalue weighted by molar-refractivity contribution is 0.102. The van der Waals surface area contributed by atoms with E-state index in [0.717, 1.165) is 10.8 Å². The van der Waals surface area contributed by atoms with Crippen molar-refractivity contribution in [3.8, 4) is 11.5 Å². The Bertz CT molecular complexity index is 1220. The Balaban J connectivity index is 1.64. The lowest BCUT2D eigenvalue weighted by Crippen LogP contribution is -2.14. The maximum Gasteiger partial charge on any atom is 0.259 e. The highest BCUT2D eigenvalue weighted by Crippen LogP contribution is 2.29. The van der Waals surface area contributed by atoms with Gasteiger partial charge in [-0.1, -0.05) is 55.4 Å². The van der Waals surface area contributed by atoms with E-state index < -0.39 is 0 Å². The maximum atomic E-state index is 13.2. The lowest BCUT2D eigenvalue weighted by Gasteiger charge is -2.14. The fourth-order valence-electron chi connectivity index (χ4n) is 3.16. The third-order valence-corrected chi connectivity index (χ3v) is 4.78. The topological polar surface area (TPSA) is 86.5 Å². The van der Waals surface area contributed by atoms with Crippen molar-refractivity contribution in [1.29, 1.82) is 0 Å². The number of nitrogens with zero attached hydrogens (tertiary/aromatic N) is 2. The van der Waals surface area contributed by atoms with E-state index >= 15 is 0 Å². The first-order chi connectivity index (χ1) is 15.0. The molecule has 0 aliphatic heterocycles. The number of carbonyl (C=O) groups is 1. The third-order valence-electron chi connectivity index (χ3n) is 4.78. The van der Waals surface area contributed by atoms with Crippen molar-refractivity contribution >= 4 is 22.4 Å². The number of anilines is 1. The van der Waals surface area contributed by atoms with Crippen molar-refractivity contribution in [2.45, 2.75) is 26.4 Å². The second-order valence-electron chi connectivity index (χ2n) is 7.34. The van der Waals surface area contributed by atoms with Crippen LogP contribution in [0, 0.1) is 0 Å². The summed E-state index contributed by atoms with van der Waals surface area (Å²) < 4.78 is 16.5. The molecule has 1 aromatic heterocycles. The van der Waals surface area contributed by atoms with Gasteiger partial charge >= 0.3 is 0 Å². The zero-order valence-corrected chi connectivity index (χ0v) is 17.6. The van der Waals surface area contributed by atoms with Crippen LogP contribution in [0.15, 0.2) is 65.2 Å². The Hall–Kier alpha value is -3.87. The number of benzene rings is 3. The number of hydrogen-bond acceptors (Lipinski definition) is 6. The number of para-hydroxylation sites is 2. The minimum atomic E-state index is -0.304. The average molecular weight is 417 g/mol. The van der Waals surface area contributed by atoms with Gasteiger partial charge < -0.3 is 19.3 Å². The molecule has 3 aromatic carbocycles. The van der Waals surface area contributed by atoms with E-state index in [0.29, 0.717) is 34.5 Å². The molecule has 7 heteroatoms. The molecule has 0 bridgehead atoms. The summed E-state index contributed by atoms with van der Waals surface area (Å²) in [5.74, 6) is 1.80. The van der Waals surface area contributed by atoms with Gasteiger partial charge in [0.15, 0.2) is 6.61 Å². The van der Waals surface area contributed by atoms with Gasteiger partial charge in [0.2, 0.25) is 11.7 Å². The molecule has 7 nitrogen and oxygen atoms in total. The van der Waals surface area contributed by atoms with Crippen LogP contribution in [-0.4, -0.2) is 23.2 Å². The van der Waals surface area contributed by atoms with Crippen molar-refractivity contribution in [3.05, 3.63) is 77.9 Å². The Morgan fingerprint density at radius 3 is 2.45 bits per heavy atom. The Kier molecular flexibility index (Phi) is 5.84. The summed E-state index contributed by atoms with van der Waals surface area (Å²) in [5.41, 5.74) is 0.978. The van der Waals surface area contributed by atoms with E-state index in [-0.39, 0.29) is 18.4 Å². The molecule has 4 rings (SSSR count). The molecule has 1 N–H and O–H groups in total. The van der Waals surface area contributed by atoms with E-state index in [1.54, 1.807) is 19.2 Å². The molecule has 0 radical (unpaired) electrons. The normalized spacial score (nSPS) is 11.0. The molecule has 0 saturated heterocycles. The smallest absolute Gasteiger partial charge is 0.259 e. The number of ether oxygens (including phenoxy) is 2. The summed E-state index contributed by atoms with van der Waals surface area (Å²) in [7, 11) is 1.56. The number of methoxy groups -OCH3 is 1. The van der Waals surface area contributed by atoms with Crippen LogP contribution < -0.4 is 14.8 Å². The van der Waals surface area contributed by atoms with Crippen LogP contribution in [0.2, 0.25) is 0 Å². The quantitative estimate of drug-likeness (QED) is 0.446.